The molecular formula is C27H25N5O3S. The Morgan fingerprint density at radius 2 is 1.81 bits per heavy atom. The van der Waals surface area contributed by atoms with Crippen LogP contribution in [0.2, 0.25) is 0 Å². The van der Waals surface area contributed by atoms with Gasteiger partial charge >= 0.3 is 0 Å². The Labute approximate surface area is 214 Å². The number of thiocarbonyl (C=S) groups is 1. The first-order valence-corrected chi connectivity index (χ1v) is 11.9. The highest BCUT2D eigenvalue weighted by Gasteiger charge is 2.42. The van der Waals surface area contributed by atoms with E-state index in [0.29, 0.717) is 16.5 Å². The molecule has 0 bridgehead atoms. The highest BCUT2D eigenvalue weighted by molar-refractivity contribution is 7.80. The number of hydrogen-bond acceptors (Lipinski definition) is 5. The maximum atomic E-state index is 11.5. The van der Waals surface area contributed by atoms with Crippen molar-refractivity contribution < 1.29 is 9.66 Å². The van der Waals surface area contributed by atoms with Crippen molar-refractivity contribution in [2.75, 3.05) is 12.0 Å². The first kappa shape index (κ1) is 23.5. The van der Waals surface area contributed by atoms with Crippen LogP contribution in [0.4, 0.5) is 11.4 Å². The molecule has 0 radical (unpaired) electrons. The van der Waals surface area contributed by atoms with E-state index < -0.39 is 4.92 Å². The quantitative estimate of drug-likeness (QED) is 0.210. The predicted octanol–water partition coefficient (Wildman–Crippen LogP) is 5.58. The topological polar surface area (TPSA) is 85.5 Å². The molecule has 182 valence electrons. The number of methoxy groups -OCH3 is 1. The molecule has 0 amide bonds. The third-order valence-corrected chi connectivity index (χ3v) is 6.85. The highest BCUT2D eigenvalue weighted by atomic mass is 32.1. The second-order valence-electron chi connectivity index (χ2n) is 8.61. The number of nitrogens with zero attached hydrogens (tertiary/aromatic N) is 4. The number of non-ortho nitro benzene ring substituents is 1. The number of para-hydroxylation sites is 1. The summed E-state index contributed by atoms with van der Waals surface area (Å²) in [6.45, 7) is 4.00. The molecule has 2 aromatic heterocycles. The van der Waals surface area contributed by atoms with E-state index in [1.807, 2.05) is 66.9 Å². The molecule has 1 fully saturated rings. The van der Waals surface area contributed by atoms with E-state index in [2.05, 4.69) is 21.3 Å². The third kappa shape index (κ3) is 3.97. The molecule has 0 spiro atoms. The van der Waals surface area contributed by atoms with Gasteiger partial charge < -0.3 is 19.5 Å². The molecular weight excluding hydrogens is 474 g/mol. The van der Waals surface area contributed by atoms with E-state index in [0.717, 1.165) is 28.3 Å². The number of ether oxygens (including phenoxy) is 1. The van der Waals surface area contributed by atoms with Crippen molar-refractivity contribution in [2.24, 2.45) is 0 Å². The average Bonchev–Trinajstić information content (AvgIpc) is 3.39. The second kappa shape index (κ2) is 9.43. The Morgan fingerprint density at radius 3 is 2.47 bits per heavy atom. The fourth-order valence-corrected chi connectivity index (χ4v) is 5.31. The van der Waals surface area contributed by atoms with Crippen molar-refractivity contribution in [1.82, 2.24) is 14.9 Å². The van der Waals surface area contributed by atoms with Crippen LogP contribution in [-0.2, 0) is 0 Å². The Morgan fingerprint density at radius 1 is 1.06 bits per heavy atom. The summed E-state index contributed by atoms with van der Waals surface area (Å²) in [5.41, 5.74) is 5.35. The lowest BCUT2D eigenvalue weighted by molar-refractivity contribution is -0.384. The van der Waals surface area contributed by atoms with Gasteiger partial charge in [-0.25, -0.2) is 0 Å². The molecule has 0 unspecified atom stereocenters. The molecule has 36 heavy (non-hydrogen) atoms. The van der Waals surface area contributed by atoms with Crippen LogP contribution in [0.15, 0.2) is 79.0 Å². The van der Waals surface area contributed by atoms with Crippen molar-refractivity contribution in [1.29, 1.82) is 0 Å². The lowest BCUT2D eigenvalue weighted by Crippen LogP contribution is -2.29. The van der Waals surface area contributed by atoms with Crippen LogP contribution in [-0.4, -0.2) is 26.7 Å². The van der Waals surface area contributed by atoms with Crippen LogP contribution in [0.25, 0.3) is 5.69 Å². The molecule has 1 saturated heterocycles. The maximum Gasteiger partial charge on any atom is 0.271 e. The van der Waals surface area contributed by atoms with Crippen LogP contribution in [0, 0.1) is 24.0 Å². The molecule has 1 N–H and O–H groups in total. The first-order valence-electron chi connectivity index (χ1n) is 11.5. The molecule has 4 aromatic rings. The molecule has 3 heterocycles. The third-order valence-electron chi connectivity index (χ3n) is 6.54. The van der Waals surface area contributed by atoms with Crippen LogP contribution in [0.1, 0.15) is 34.7 Å². The average molecular weight is 500 g/mol. The number of nitrogens with one attached hydrogen (secondary N) is 1. The summed E-state index contributed by atoms with van der Waals surface area (Å²) in [6.07, 6.45) is 1.78. The summed E-state index contributed by atoms with van der Waals surface area (Å²) in [7, 11) is 1.56. The SMILES string of the molecule is COc1ccc([N+](=O)[O-])cc1-n1c(C)cc([C@@H]2[C@H](c3ccccn3)NC(=S)N2c2ccccc2)c1C. The molecule has 0 aliphatic carbocycles. The van der Waals surface area contributed by atoms with E-state index in [-0.39, 0.29) is 17.8 Å². The maximum absolute atomic E-state index is 11.5. The summed E-state index contributed by atoms with van der Waals surface area (Å²) in [5, 5.41) is 15.6. The molecule has 0 saturated carbocycles. The zero-order chi connectivity index (χ0) is 25.4. The summed E-state index contributed by atoms with van der Waals surface area (Å²) in [4.78, 5) is 17.9. The zero-order valence-corrected chi connectivity index (χ0v) is 20.9. The van der Waals surface area contributed by atoms with Gasteiger partial charge in [-0.3, -0.25) is 15.1 Å². The van der Waals surface area contributed by atoms with Crippen molar-refractivity contribution in [3.05, 3.63) is 112 Å². The fraction of sp³-hybridized carbons (Fsp3) is 0.185. The standard InChI is InChI=1S/C27H25N5O3S/c1-17-15-21(18(2)30(17)23-16-20(32(33)34)12-13-24(23)35-3)26-25(22-11-7-8-14-28-22)29-27(36)31(26)19-9-5-4-6-10-19/h4-16,25-26H,1-3H3,(H,29,36)/t25-,26+/m0/s1. The number of pyridine rings is 1. The van der Waals surface area contributed by atoms with Gasteiger partial charge in [-0.2, -0.15) is 0 Å². The lowest BCUT2D eigenvalue weighted by Gasteiger charge is -2.28. The summed E-state index contributed by atoms with van der Waals surface area (Å²) < 4.78 is 7.58. The van der Waals surface area contributed by atoms with Gasteiger partial charge in [-0.05, 0) is 68.0 Å². The normalized spacial score (nSPS) is 17.2. The summed E-state index contributed by atoms with van der Waals surface area (Å²) >= 11 is 5.82. The van der Waals surface area contributed by atoms with E-state index in [1.165, 1.54) is 6.07 Å². The Kier molecular flexibility index (Phi) is 6.15. The number of anilines is 1. The number of rotatable bonds is 6. The van der Waals surface area contributed by atoms with Crippen molar-refractivity contribution in [3.8, 4) is 11.4 Å². The van der Waals surface area contributed by atoms with Gasteiger partial charge in [0.2, 0.25) is 0 Å². The molecule has 1 aliphatic heterocycles. The largest absolute Gasteiger partial charge is 0.495 e. The van der Waals surface area contributed by atoms with E-state index >= 15 is 0 Å². The number of aromatic nitrogens is 2. The van der Waals surface area contributed by atoms with Gasteiger partial charge in [0.1, 0.15) is 5.75 Å². The van der Waals surface area contributed by atoms with Crippen LogP contribution in [0.3, 0.4) is 0 Å². The smallest absolute Gasteiger partial charge is 0.271 e. The van der Waals surface area contributed by atoms with Crippen LogP contribution >= 0.6 is 12.2 Å². The van der Waals surface area contributed by atoms with Gasteiger partial charge in [0.05, 0.1) is 35.5 Å². The Balaban J connectivity index is 1.70. The monoisotopic (exact) mass is 499 g/mol. The van der Waals surface area contributed by atoms with Gasteiger partial charge in [0.25, 0.3) is 5.69 Å². The predicted molar refractivity (Wildman–Crippen MR) is 143 cm³/mol. The summed E-state index contributed by atoms with van der Waals surface area (Å²) in [6, 6.07) is 22.2. The van der Waals surface area contributed by atoms with Crippen LogP contribution < -0.4 is 15.0 Å². The van der Waals surface area contributed by atoms with Gasteiger partial charge in [0.15, 0.2) is 5.11 Å². The number of nitro groups is 1. The minimum atomic E-state index is -0.397. The molecule has 5 rings (SSSR count). The Hall–Kier alpha value is -4.24. The minimum Gasteiger partial charge on any atom is -0.495 e. The van der Waals surface area contributed by atoms with E-state index in [1.54, 1.807) is 25.4 Å². The molecule has 2 atom stereocenters. The summed E-state index contributed by atoms with van der Waals surface area (Å²) in [5.74, 6) is 0.551. The molecule has 2 aromatic carbocycles. The van der Waals surface area contributed by atoms with E-state index in [4.69, 9.17) is 17.0 Å². The van der Waals surface area contributed by atoms with Gasteiger partial charge in [0, 0.05) is 35.4 Å². The zero-order valence-electron chi connectivity index (χ0n) is 20.1. The van der Waals surface area contributed by atoms with Crippen LogP contribution in [0.5, 0.6) is 5.75 Å². The van der Waals surface area contributed by atoms with Crippen molar-refractivity contribution in [2.45, 2.75) is 25.9 Å². The first-order chi connectivity index (χ1) is 17.4. The highest BCUT2D eigenvalue weighted by Crippen LogP contribution is 2.44. The fourth-order valence-electron chi connectivity index (χ4n) is 4.96. The number of benzene rings is 2. The van der Waals surface area contributed by atoms with Gasteiger partial charge in [-0.1, -0.05) is 24.3 Å². The van der Waals surface area contributed by atoms with E-state index in [9.17, 15) is 10.1 Å². The lowest BCUT2D eigenvalue weighted by atomic mass is 9.96. The molecule has 9 heteroatoms. The van der Waals surface area contributed by atoms with Crippen molar-refractivity contribution >= 4 is 28.7 Å². The van der Waals surface area contributed by atoms with Gasteiger partial charge in [-0.15, -0.1) is 0 Å². The second-order valence-corrected chi connectivity index (χ2v) is 8.99. The number of nitro benzene ring substituents is 1. The molecule has 1 aliphatic rings. The molecule has 8 nitrogen and oxygen atoms in total. The van der Waals surface area contributed by atoms with Crippen molar-refractivity contribution in [3.63, 3.8) is 0 Å². The number of aryl methyl sites for hydroxylation is 1. The minimum absolute atomic E-state index is 0.000773. The Bertz CT molecular complexity index is 1440. The number of hydrogen-bond donors (Lipinski definition) is 1.